The van der Waals surface area contributed by atoms with E-state index in [1.165, 1.54) is 0 Å². The highest BCUT2D eigenvalue weighted by Gasteiger charge is 1.97. The molecule has 0 heterocycles. The van der Waals surface area contributed by atoms with Crippen molar-refractivity contribution >= 4 is 16.8 Å². The minimum atomic E-state index is -1.87. The molecule has 12 heavy (non-hydrogen) atoms. The predicted molar refractivity (Wildman–Crippen MR) is 48.5 cm³/mol. The molecule has 0 saturated carbocycles. The van der Waals surface area contributed by atoms with Gasteiger partial charge in [0.05, 0.1) is 12.6 Å². The van der Waals surface area contributed by atoms with Crippen molar-refractivity contribution in [3.63, 3.8) is 0 Å². The van der Waals surface area contributed by atoms with E-state index >= 15 is 0 Å². The van der Waals surface area contributed by atoms with Gasteiger partial charge in [-0.05, 0) is 0 Å². The Balaban J connectivity index is 2.91. The zero-order chi connectivity index (χ0) is 9.40. The maximum absolute atomic E-state index is 8.46. The van der Waals surface area contributed by atoms with Gasteiger partial charge in [0.15, 0.2) is 16.8 Å². The van der Waals surface area contributed by atoms with Gasteiger partial charge in [0, 0.05) is 13.1 Å². The highest BCUT2D eigenvalue weighted by Crippen LogP contribution is 2.19. The Bertz CT molecular complexity index is 93.1. The van der Waals surface area contributed by atoms with Crippen molar-refractivity contribution in [3.8, 4) is 0 Å². The van der Waals surface area contributed by atoms with Crippen molar-refractivity contribution in [2.75, 3.05) is 25.7 Å². The highest BCUT2D eigenvalue weighted by molar-refractivity contribution is 7.45. The molecule has 0 atom stereocenters. The van der Waals surface area contributed by atoms with Crippen molar-refractivity contribution in [1.82, 2.24) is 10.6 Å². The molecule has 0 bridgehead atoms. The summed E-state index contributed by atoms with van der Waals surface area (Å²) in [6.45, 7) is 1.15. The first kappa shape index (κ1) is 12.6. The van der Waals surface area contributed by atoms with E-state index in [0.717, 1.165) is 0 Å². The largest absolute Gasteiger partial charge is 0.349 e. The van der Waals surface area contributed by atoms with Gasteiger partial charge >= 0.3 is 0 Å². The molecular formula is C4H14N2O4P2. The van der Waals surface area contributed by atoms with E-state index in [0.29, 0.717) is 13.1 Å². The molecule has 0 aliphatic carbocycles. The number of hydrogen-bond donors (Lipinski definition) is 6. The van der Waals surface area contributed by atoms with Crippen LogP contribution in [-0.4, -0.2) is 45.2 Å². The van der Waals surface area contributed by atoms with Gasteiger partial charge in [-0.2, -0.15) is 0 Å². The van der Waals surface area contributed by atoms with Crippen molar-refractivity contribution in [3.05, 3.63) is 0 Å². The Morgan fingerprint density at radius 1 is 0.750 bits per heavy atom. The average Bonchev–Trinajstić information content (AvgIpc) is 1.95. The third-order valence-corrected chi connectivity index (χ3v) is 2.00. The molecule has 0 aromatic carbocycles. The molecule has 0 spiro atoms. The smallest absolute Gasteiger partial charge is 0.179 e. The van der Waals surface area contributed by atoms with Crippen LogP contribution < -0.4 is 10.6 Å². The van der Waals surface area contributed by atoms with Gasteiger partial charge in [-0.3, -0.25) is 0 Å². The lowest BCUT2D eigenvalue weighted by atomic mass is 10.6. The van der Waals surface area contributed by atoms with Gasteiger partial charge in [-0.25, -0.2) is 0 Å². The first-order valence-electron chi connectivity index (χ1n) is 3.35. The second-order valence-corrected chi connectivity index (χ2v) is 4.18. The lowest BCUT2D eigenvalue weighted by Crippen LogP contribution is -2.27. The first-order chi connectivity index (χ1) is 5.63. The number of nitrogens with one attached hydrogen (secondary N) is 2. The second kappa shape index (κ2) is 8.23. The van der Waals surface area contributed by atoms with Crippen molar-refractivity contribution in [2.24, 2.45) is 0 Å². The number of hydrogen-bond acceptors (Lipinski definition) is 6. The van der Waals surface area contributed by atoms with E-state index in [1.807, 2.05) is 0 Å². The molecule has 0 aromatic heterocycles. The molecule has 0 rings (SSSR count). The zero-order valence-corrected chi connectivity index (χ0v) is 8.30. The topological polar surface area (TPSA) is 105 Å². The molecule has 0 amide bonds. The summed E-state index contributed by atoms with van der Waals surface area (Å²) in [4.78, 5) is 33.8. The highest BCUT2D eigenvalue weighted by atomic mass is 31.2. The Hall–Kier alpha value is 0.620. The van der Waals surface area contributed by atoms with Crippen LogP contribution in [0.2, 0.25) is 0 Å². The van der Waals surface area contributed by atoms with Crippen molar-refractivity contribution in [2.45, 2.75) is 0 Å². The van der Waals surface area contributed by atoms with E-state index < -0.39 is 16.8 Å². The van der Waals surface area contributed by atoms with Gasteiger partial charge in [-0.1, -0.05) is 0 Å². The van der Waals surface area contributed by atoms with Crippen LogP contribution in [0.1, 0.15) is 0 Å². The fourth-order valence-corrected chi connectivity index (χ4v) is 1.25. The molecule has 0 aromatic rings. The van der Waals surface area contributed by atoms with E-state index in [4.69, 9.17) is 19.6 Å². The van der Waals surface area contributed by atoms with Gasteiger partial charge in [0.1, 0.15) is 0 Å². The van der Waals surface area contributed by atoms with Crippen LogP contribution in [0.4, 0.5) is 0 Å². The Labute approximate surface area is 73.5 Å². The summed E-state index contributed by atoms with van der Waals surface area (Å²) in [5.41, 5.74) is 0. The Kier molecular flexibility index (Phi) is 8.65. The average molecular weight is 216 g/mol. The third kappa shape index (κ3) is 10.6. The van der Waals surface area contributed by atoms with E-state index in [-0.39, 0.29) is 12.6 Å². The van der Waals surface area contributed by atoms with Crippen molar-refractivity contribution < 1.29 is 19.6 Å². The molecular weight excluding hydrogens is 202 g/mol. The van der Waals surface area contributed by atoms with Crippen molar-refractivity contribution in [1.29, 1.82) is 0 Å². The SMILES string of the molecule is OP(O)CNCCNCP(O)O. The molecule has 8 heteroatoms. The molecule has 0 aliphatic heterocycles. The fourth-order valence-electron chi connectivity index (χ4n) is 0.535. The molecule has 74 valence electrons. The molecule has 0 saturated heterocycles. The van der Waals surface area contributed by atoms with Crippen LogP contribution in [-0.2, 0) is 0 Å². The molecule has 0 aliphatic rings. The van der Waals surface area contributed by atoms with Gasteiger partial charge in [0.2, 0.25) is 0 Å². The zero-order valence-electron chi connectivity index (χ0n) is 6.51. The summed E-state index contributed by atoms with van der Waals surface area (Å²) in [5, 5.41) is 5.54. The quantitative estimate of drug-likeness (QED) is 0.233. The van der Waals surface area contributed by atoms with E-state index in [9.17, 15) is 0 Å². The Morgan fingerprint density at radius 3 is 1.33 bits per heavy atom. The maximum atomic E-state index is 8.46. The minimum absolute atomic E-state index is 0.185. The summed E-state index contributed by atoms with van der Waals surface area (Å²) >= 11 is 0. The normalized spacial score (nSPS) is 11.5. The van der Waals surface area contributed by atoms with E-state index in [2.05, 4.69) is 10.6 Å². The lowest BCUT2D eigenvalue weighted by Gasteiger charge is -2.07. The molecule has 0 fully saturated rings. The summed E-state index contributed by atoms with van der Waals surface area (Å²) < 4.78 is 0. The lowest BCUT2D eigenvalue weighted by molar-refractivity contribution is 0.468. The molecule has 6 nitrogen and oxygen atoms in total. The Morgan fingerprint density at radius 2 is 1.08 bits per heavy atom. The van der Waals surface area contributed by atoms with E-state index in [1.54, 1.807) is 0 Å². The van der Waals surface area contributed by atoms with Crippen LogP contribution in [0.3, 0.4) is 0 Å². The van der Waals surface area contributed by atoms with Gasteiger partial charge < -0.3 is 30.2 Å². The second-order valence-electron chi connectivity index (χ2n) is 2.06. The first-order valence-corrected chi connectivity index (χ1v) is 6.21. The summed E-state index contributed by atoms with van der Waals surface area (Å²) in [6, 6.07) is 0. The predicted octanol–water partition coefficient (Wildman–Crippen LogP) is -1.33. The van der Waals surface area contributed by atoms with Crippen LogP contribution in [0.25, 0.3) is 0 Å². The monoisotopic (exact) mass is 216 g/mol. The van der Waals surface area contributed by atoms with Crippen LogP contribution in [0.5, 0.6) is 0 Å². The van der Waals surface area contributed by atoms with Gasteiger partial charge in [-0.15, -0.1) is 0 Å². The standard InChI is InChI=1S/C4H14N2O4P2/c7-11(8)3-5-1-2-6-4-12(9)10/h5-10H,1-4H2. The van der Waals surface area contributed by atoms with Crippen LogP contribution in [0, 0.1) is 0 Å². The summed E-state index contributed by atoms with van der Waals surface area (Å²) in [5.74, 6) is 0. The molecule has 6 N–H and O–H groups in total. The van der Waals surface area contributed by atoms with Crippen LogP contribution >= 0.6 is 16.8 Å². The fraction of sp³-hybridized carbons (Fsp3) is 1.00. The molecule has 0 unspecified atom stereocenters. The maximum Gasteiger partial charge on any atom is 0.179 e. The van der Waals surface area contributed by atoms with Gasteiger partial charge in [0.25, 0.3) is 0 Å². The summed E-state index contributed by atoms with van der Waals surface area (Å²) in [7, 11) is -3.73. The minimum Gasteiger partial charge on any atom is -0.349 e. The molecule has 0 radical (unpaired) electrons. The van der Waals surface area contributed by atoms with Crippen LogP contribution in [0.15, 0.2) is 0 Å². The summed E-state index contributed by atoms with van der Waals surface area (Å²) in [6.07, 6.45) is 0.369. The number of rotatable bonds is 7. The third-order valence-electron chi connectivity index (χ3n) is 0.985.